The number of rotatable bonds is 6. The Morgan fingerprint density at radius 1 is 1.18 bits per heavy atom. The van der Waals surface area contributed by atoms with Crippen molar-refractivity contribution in [1.29, 1.82) is 0 Å². The summed E-state index contributed by atoms with van der Waals surface area (Å²) in [5, 5.41) is 3.37. The molecule has 11 nitrogen and oxygen atoms in total. The minimum atomic E-state index is -0.719. The lowest BCUT2D eigenvalue weighted by Gasteiger charge is -2.32. The molecule has 1 aliphatic rings. The molecule has 0 bridgehead atoms. The zero-order valence-corrected chi connectivity index (χ0v) is 21.4. The molecule has 0 unspecified atom stereocenters. The Morgan fingerprint density at radius 2 is 1.92 bits per heavy atom. The largest absolute Gasteiger partial charge is 0.466 e. The van der Waals surface area contributed by atoms with Crippen LogP contribution in [0, 0.1) is 5.92 Å². The van der Waals surface area contributed by atoms with E-state index in [9.17, 15) is 14.4 Å². The van der Waals surface area contributed by atoms with E-state index >= 15 is 0 Å². The smallest absolute Gasteiger partial charge is 0.334 e. The number of aromatic nitrogens is 4. The zero-order valence-electron chi connectivity index (χ0n) is 20.6. The second kappa shape index (κ2) is 10.5. The first-order valence-electron chi connectivity index (χ1n) is 12.2. The van der Waals surface area contributed by atoms with Crippen molar-refractivity contribution in [2.24, 2.45) is 5.92 Å². The molecular weight excluding hydrogens is 510 g/mol. The Hall–Kier alpha value is -4.38. The van der Waals surface area contributed by atoms with Gasteiger partial charge in [0.1, 0.15) is 5.39 Å². The van der Waals surface area contributed by atoms with Gasteiger partial charge in [-0.15, -0.1) is 0 Å². The van der Waals surface area contributed by atoms with Gasteiger partial charge in [-0.05, 0) is 56.2 Å². The fraction of sp³-hybridized carbons (Fsp3) is 0.269. The number of nitrogens with two attached hydrogens (primary N) is 1. The summed E-state index contributed by atoms with van der Waals surface area (Å²) in [6.07, 6.45) is 2.86. The number of aromatic amines is 1. The summed E-state index contributed by atoms with van der Waals surface area (Å²) in [6.45, 7) is 3.77. The van der Waals surface area contributed by atoms with Crippen molar-refractivity contribution in [3.8, 4) is 5.69 Å². The molecule has 2 aromatic carbocycles. The molecule has 3 heterocycles. The predicted molar refractivity (Wildman–Crippen MR) is 146 cm³/mol. The van der Waals surface area contributed by atoms with Crippen molar-refractivity contribution < 1.29 is 9.53 Å². The molecule has 196 valence electrons. The molecule has 1 aliphatic heterocycles. The highest BCUT2D eigenvalue weighted by Crippen LogP contribution is 2.27. The molecular formula is C26H26ClN7O4. The van der Waals surface area contributed by atoms with Crippen LogP contribution in [0.3, 0.4) is 0 Å². The van der Waals surface area contributed by atoms with E-state index in [1.54, 1.807) is 18.2 Å². The number of nitrogens with one attached hydrogen (secondary N) is 2. The van der Waals surface area contributed by atoms with Gasteiger partial charge in [-0.25, -0.2) is 14.3 Å². The molecule has 0 saturated carbocycles. The normalized spacial score (nSPS) is 14.0. The average Bonchev–Trinajstić information content (AvgIpc) is 2.91. The van der Waals surface area contributed by atoms with Gasteiger partial charge in [0.15, 0.2) is 5.65 Å². The number of carbonyl (C=O) groups excluding carboxylic acids is 1. The van der Waals surface area contributed by atoms with E-state index in [2.05, 4.69) is 25.2 Å². The van der Waals surface area contributed by atoms with Crippen molar-refractivity contribution in [2.75, 3.05) is 35.6 Å². The van der Waals surface area contributed by atoms with Crippen molar-refractivity contribution in [1.82, 2.24) is 19.5 Å². The zero-order chi connectivity index (χ0) is 26.8. The predicted octanol–water partition coefficient (Wildman–Crippen LogP) is 3.23. The molecule has 5 rings (SSSR count). The number of nitrogens with zero attached hydrogens (tertiary/aromatic N) is 4. The van der Waals surface area contributed by atoms with Crippen molar-refractivity contribution in [3.05, 3.63) is 74.5 Å². The molecule has 0 aliphatic carbocycles. The Morgan fingerprint density at radius 3 is 2.61 bits per heavy atom. The van der Waals surface area contributed by atoms with Crippen LogP contribution in [0.15, 0.2) is 58.3 Å². The van der Waals surface area contributed by atoms with Gasteiger partial charge in [-0.2, -0.15) is 4.98 Å². The van der Waals surface area contributed by atoms with Gasteiger partial charge < -0.3 is 20.7 Å². The van der Waals surface area contributed by atoms with E-state index in [4.69, 9.17) is 22.1 Å². The summed E-state index contributed by atoms with van der Waals surface area (Å²) in [6, 6.07) is 12.5. The number of hydrogen-bond acceptors (Lipinski definition) is 9. The maximum absolute atomic E-state index is 13.1. The van der Waals surface area contributed by atoms with Gasteiger partial charge in [-0.3, -0.25) is 14.6 Å². The Bertz CT molecular complexity index is 1590. The number of ether oxygens (including phenoxy) is 1. The topological polar surface area (TPSA) is 148 Å². The fourth-order valence-electron chi connectivity index (χ4n) is 4.55. The number of benzene rings is 2. The molecule has 2 aromatic heterocycles. The SMILES string of the molecule is CCOC(=O)C1CCN(c2ccc(Nc3ncc4c(=O)n(-c5c(N)cccc5Cl)c(=O)[nH]c4n3)cc2)CC1. The van der Waals surface area contributed by atoms with E-state index in [0.29, 0.717) is 6.61 Å². The standard InChI is InChI=1S/C26H26ClN7O4/c1-2-38-24(36)15-10-12-33(13-11-15)17-8-6-16(7-9-17)30-25-29-14-18-22(31-25)32-26(37)34(23(18)35)21-19(27)4-3-5-20(21)28/h3-9,14-15H,2,10-13,28H2,1H3,(H2,29,30,31,32,37). The second-order valence-electron chi connectivity index (χ2n) is 8.89. The summed E-state index contributed by atoms with van der Waals surface area (Å²) in [7, 11) is 0. The van der Waals surface area contributed by atoms with Crippen LogP contribution in [0.4, 0.5) is 23.0 Å². The van der Waals surface area contributed by atoms with Crippen LogP contribution >= 0.6 is 11.6 Å². The number of esters is 1. The highest BCUT2D eigenvalue weighted by atomic mass is 35.5. The molecule has 0 spiro atoms. The van der Waals surface area contributed by atoms with Gasteiger partial charge in [-0.1, -0.05) is 17.7 Å². The number of nitrogen functional groups attached to an aromatic ring is 1. The third kappa shape index (κ3) is 4.92. The average molecular weight is 536 g/mol. The van der Waals surface area contributed by atoms with Gasteiger partial charge in [0.05, 0.1) is 28.9 Å². The highest BCUT2D eigenvalue weighted by molar-refractivity contribution is 6.33. The van der Waals surface area contributed by atoms with Gasteiger partial charge in [0.25, 0.3) is 5.56 Å². The molecule has 12 heteroatoms. The first-order valence-corrected chi connectivity index (χ1v) is 12.6. The summed E-state index contributed by atoms with van der Waals surface area (Å²) < 4.78 is 6.02. The molecule has 1 fully saturated rings. The molecule has 1 saturated heterocycles. The molecule has 38 heavy (non-hydrogen) atoms. The highest BCUT2D eigenvalue weighted by Gasteiger charge is 2.26. The lowest BCUT2D eigenvalue weighted by Crippen LogP contribution is -2.36. The van der Waals surface area contributed by atoms with E-state index in [1.165, 1.54) is 6.20 Å². The lowest BCUT2D eigenvalue weighted by atomic mass is 9.96. The first kappa shape index (κ1) is 25.3. The van der Waals surface area contributed by atoms with E-state index in [1.807, 2.05) is 31.2 Å². The molecule has 0 amide bonds. The van der Waals surface area contributed by atoms with Gasteiger partial charge in [0.2, 0.25) is 5.95 Å². The number of fused-ring (bicyclic) bond motifs is 1. The van der Waals surface area contributed by atoms with E-state index in [-0.39, 0.29) is 45.3 Å². The number of hydrogen-bond donors (Lipinski definition) is 3. The molecule has 4 N–H and O–H groups in total. The number of para-hydroxylation sites is 1. The maximum Gasteiger partial charge on any atom is 0.334 e. The van der Waals surface area contributed by atoms with Crippen LogP contribution in [0.1, 0.15) is 19.8 Å². The second-order valence-corrected chi connectivity index (χ2v) is 9.30. The van der Waals surface area contributed by atoms with Crippen molar-refractivity contribution in [3.63, 3.8) is 0 Å². The van der Waals surface area contributed by atoms with E-state index in [0.717, 1.165) is 41.9 Å². The third-order valence-electron chi connectivity index (χ3n) is 6.50. The van der Waals surface area contributed by atoms with Gasteiger partial charge in [0, 0.05) is 30.7 Å². The molecule has 0 radical (unpaired) electrons. The van der Waals surface area contributed by atoms with Gasteiger partial charge >= 0.3 is 11.7 Å². The quantitative estimate of drug-likeness (QED) is 0.250. The first-order chi connectivity index (χ1) is 18.4. The van der Waals surface area contributed by atoms with Crippen LogP contribution in [-0.4, -0.2) is 45.2 Å². The van der Waals surface area contributed by atoms with Crippen molar-refractivity contribution >= 4 is 51.6 Å². The lowest BCUT2D eigenvalue weighted by molar-refractivity contribution is -0.148. The Labute approximate surface area is 222 Å². The summed E-state index contributed by atoms with van der Waals surface area (Å²) in [4.78, 5) is 51.3. The third-order valence-corrected chi connectivity index (χ3v) is 6.80. The van der Waals surface area contributed by atoms with Crippen LogP contribution in [-0.2, 0) is 9.53 Å². The summed E-state index contributed by atoms with van der Waals surface area (Å²) >= 11 is 6.21. The minimum absolute atomic E-state index is 0.0465. The Balaban J connectivity index is 1.33. The van der Waals surface area contributed by atoms with Crippen LogP contribution < -0.4 is 27.2 Å². The van der Waals surface area contributed by atoms with Crippen molar-refractivity contribution in [2.45, 2.75) is 19.8 Å². The van der Waals surface area contributed by atoms with E-state index < -0.39 is 11.2 Å². The van der Waals surface area contributed by atoms with Crippen LogP contribution in [0.2, 0.25) is 5.02 Å². The minimum Gasteiger partial charge on any atom is -0.466 e. The number of H-pyrrole nitrogens is 1. The molecule has 4 aromatic rings. The monoisotopic (exact) mass is 535 g/mol. The van der Waals surface area contributed by atoms with Crippen LogP contribution in [0.5, 0.6) is 0 Å². The Kier molecular flexibility index (Phi) is 7.01. The maximum atomic E-state index is 13.1. The number of piperidine rings is 1. The summed E-state index contributed by atoms with van der Waals surface area (Å²) in [5.41, 5.74) is 6.77. The number of anilines is 4. The number of halogens is 1. The fourth-order valence-corrected chi connectivity index (χ4v) is 4.82. The summed E-state index contributed by atoms with van der Waals surface area (Å²) in [5.74, 6) is 0.0516. The van der Waals surface area contributed by atoms with Crippen LogP contribution in [0.25, 0.3) is 16.7 Å². The molecule has 0 atom stereocenters. The number of carbonyl (C=O) groups is 1.